The van der Waals surface area contributed by atoms with Crippen LogP contribution in [-0.2, 0) is 14.8 Å². The summed E-state index contributed by atoms with van der Waals surface area (Å²) in [4.78, 5) is 12.7. The highest BCUT2D eigenvalue weighted by molar-refractivity contribution is 7.92. The summed E-state index contributed by atoms with van der Waals surface area (Å²) in [5, 5.41) is 2.93. The van der Waals surface area contributed by atoms with E-state index < -0.39 is 22.5 Å². The number of halogens is 1. The lowest BCUT2D eigenvalue weighted by Gasteiger charge is -2.24. The zero-order valence-electron chi connectivity index (χ0n) is 18.3. The summed E-state index contributed by atoms with van der Waals surface area (Å²) in [5.74, 6) is 0.605. The van der Waals surface area contributed by atoms with Gasteiger partial charge in [-0.1, -0.05) is 47.5 Å². The Bertz CT molecular complexity index is 1190. The number of anilines is 1. The highest BCUT2D eigenvalue weighted by Crippen LogP contribution is 2.31. The first-order chi connectivity index (χ1) is 15.8. The second-order valence-electron chi connectivity index (χ2n) is 7.16. The first kappa shape index (κ1) is 24.4. The minimum absolute atomic E-state index is 0.0697. The van der Waals surface area contributed by atoms with Gasteiger partial charge in [-0.25, -0.2) is 8.42 Å². The summed E-state index contributed by atoms with van der Waals surface area (Å²) in [6, 6.07) is 20.2. The standard InChI is InChI=1S/C24H25ClN2O5S/c1-18-8-11-21(12-9-18)33(29,30)27(19-10-13-23(31-2)22(25)16-19)17-24(28)26-14-15-32-20-6-4-3-5-7-20/h3-13,16H,14-15,17H2,1-2H3,(H,26,28). The number of nitrogens with zero attached hydrogens (tertiary/aromatic N) is 1. The van der Waals surface area contributed by atoms with E-state index in [4.69, 9.17) is 21.1 Å². The molecule has 0 aliphatic rings. The highest BCUT2D eigenvalue weighted by atomic mass is 35.5. The molecule has 174 valence electrons. The van der Waals surface area contributed by atoms with Gasteiger partial charge >= 0.3 is 0 Å². The number of para-hydroxylation sites is 1. The Morgan fingerprint density at radius 2 is 1.73 bits per heavy atom. The van der Waals surface area contributed by atoms with Gasteiger partial charge in [0.15, 0.2) is 0 Å². The lowest BCUT2D eigenvalue weighted by molar-refractivity contribution is -0.119. The summed E-state index contributed by atoms with van der Waals surface area (Å²) < 4.78 is 38.5. The van der Waals surface area contributed by atoms with Gasteiger partial charge in [0.25, 0.3) is 10.0 Å². The Labute approximate surface area is 198 Å². The highest BCUT2D eigenvalue weighted by Gasteiger charge is 2.27. The number of hydrogen-bond donors (Lipinski definition) is 1. The minimum Gasteiger partial charge on any atom is -0.495 e. The molecule has 1 amide bonds. The van der Waals surface area contributed by atoms with Crippen molar-refractivity contribution in [3.63, 3.8) is 0 Å². The van der Waals surface area contributed by atoms with Crippen molar-refractivity contribution < 1.29 is 22.7 Å². The van der Waals surface area contributed by atoms with E-state index in [2.05, 4.69) is 5.32 Å². The Kier molecular flexibility index (Phi) is 8.19. The van der Waals surface area contributed by atoms with Crippen molar-refractivity contribution in [1.29, 1.82) is 0 Å². The Morgan fingerprint density at radius 3 is 2.36 bits per heavy atom. The van der Waals surface area contributed by atoms with Crippen LogP contribution in [0.2, 0.25) is 5.02 Å². The fourth-order valence-corrected chi connectivity index (χ4v) is 4.69. The van der Waals surface area contributed by atoms with E-state index >= 15 is 0 Å². The third-order valence-corrected chi connectivity index (χ3v) is 6.84. The van der Waals surface area contributed by atoms with Crippen LogP contribution in [-0.4, -0.2) is 41.1 Å². The van der Waals surface area contributed by atoms with Gasteiger partial charge < -0.3 is 14.8 Å². The van der Waals surface area contributed by atoms with Crippen molar-refractivity contribution in [2.75, 3.05) is 31.1 Å². The molecule has 0 fully saturated rings. The van der Waals surface area contributed by atoms with E-state index in [1.54, 1.807) is 24.3 Å². The molecule has 0 saturated heterocycles. The quantitative estimate of drug-likeness (QED) is 0.435. The second-order valence-corrected chi connectivity index (χ2v) is 9.42. The number of nitrogens with one attached hydrogen (secondary N) is 1. The molecule has 3 aromatic rings. The third-order valence-electron chi connectivity index (χ3n) is 4.76. The predicted octanol–water partition coefficient (Wildman–Crippen LogP) is 4.05. The van der Waals surface area contributed by atoms with Gasteiger partial charge in [-0.2, -0.15) is 0 Å². The molecular formula is C24H25ClN2O5S. The third kappa shape index (κ3) is 6.40. The molecule has 0 unspecified atom stereocenters. The molecule has 1 N–H and O–H groups in total. The smallest absolute Gasteiger partial charge is 0.264 e. The lowest BCUT2D eigenvalue weighted by Crippen LogP contribution is -2.42. The van der Waals surface area contributed by atoms with Crippen molar-refractivity contribution in [3.05, 3.63) is 83.4 Å². The number of hydrogen-bond acceptors (Lipinski definition) is 5. The number of ether oxygens (including phenoxy) is 2. The molecule has 0 bridgehead atoms. The number of benzene rings is 3. The van der Waals surface area contributed by atoms with Crippen LogP contribution < -0.4 is 19.1 Å². The number of rotatable bonds is 10. The molecule has 0 aromatic heterocycles. The zero-order chi connectivity index (χ0) is 23.8. The van der Waals surface area contributed by atoms with Gasteiger partial charge in [0.05, 0.1) is 29.3 Å². The number of carbonyl (C=O) groups excluding carboxylic acids is 1. The van der Waals surface area contributed by atoms with E-state index in [1.807, 2.05) is 37.3 Å². The van der Waals surface area contributed by atoms with Crippen molar-refractivity contribution in [2.45, 2.75) is 11.8 Å². The first-order valence-electron chi connectivity index (χ1n) is 10.2. The van der Waals surface area contributed by atoms with Gasteiger partial charge in [-0.3, -0.25) is 9.10 Å². The fourth-order valence-electron chi connectivity index (χ4n) is 3.03. The summed E-state index contributed by atoms with van der Waals surface area (Å²) in [5.41, 5.74) is 1.17. The molecular weight excluding hydrogens is 464 g/mol. The van der Waals surface area contributed by atoms with Crippen molar-refractivity contribution in [2.24, 2.45) is 0 Å². The molecule has 3 aromatic carbocycles. The topological polar surface area (TPSA) is 84.9 Å². The minimum atomic E-state index is -4.03. The van der Waals surface area contributed by atoms with Crippen LogP contribution in [0.1, 0.15) is 5.56 Å². The Morgan fingerprint density at radius 1 is 1.03 bits per heavy atom. The van der Waals surface area contributed by atoms with Crippen LogP contribution >= 0.6 is 11.6 Å². The predicted molar refractivity (Wildman–Crippen MR) is 129 cm³/mol. The van der Waals surface area contributed by atoms with Crippen LogP contribution in [0.15, 0.2) is 77.7 Å². The van der Waals surface area contributed by atoms with Gasteiger partial charge in [0.2, 0.25) is 5.91 Å². The summed E-state index contributed by atoms with van der Waals surface area (Å²) in [6.45, 7) is 1.90. The molecule has 0 spiro atoms. The van der Waals surface area contributed by atoms with Gasteiger partial charge in [0, 0.05) is 0 Å². The normalized spacial score (nSPS) is 11.0. The van der Waals surface area contributed by atoms with Gasteiger partial charge in [-0.15, -0.1) is 0 Å². The van der Waals surface area contributed by atoms with E-state index in [-0.39, 0.29) is 28.8 Å². The van der Waals surface area contributed by atoms with Crippen LogP contribution in [0, 0.1) is 6.92 Å². The number of aryl methyl sites for hydroxylation is 1. The van der Waals surface area contributed by atoms with Crippen LogP contribution in [0.3, 0.4) is 0 Å². The summed E-state index contributed by atoms with van der Waals surface area (Å²) >= 11 is 6.22. The molecule has 3 rings (SSSR count). The van der Waals surface area contributed by atoms with Crippen LogP contribution in [0.4, 0.5) is 5.69 Å². The molecule has 0 aliphatic heterocycles. The second kappa shape index (κ2) is 11.1. The average Bonchev–Trinajstić information content (AvgIpc) is 2.81. The Balaban J connectivity index is 1.77. The number of amides is 1. The average molecular weight is 489 g/mol. The number of sulfonamides is 1. The van der Waals surface area contributed by atoms with Crippen molar-refractivity contribution >= 4 is 33.2 Å². The first-order valence-corrected chi connectivity index (χ1v) is 12.0. The summed E-state index contributed by atoms with van der Waals surface area (Å²) in [6.07, 6.45) is 0. The molecule has 33 heavy (non-hydrogen) atoms. The molecule has 0 aliphatic carbocycles. The van der Waals surface area contributed by atoms with Crippen molar-refractivity contribution in [1.82, 2.24) is 5.32 Å². The van der Waals surface area contributed by atoms with Crippen LogP contribution in [0.5, 0.6) is 11.5 Å². The fraction of sp³-hybridized carbons (Fsp3) is 0.208. The maximum atomic E-state index is 13.4. The largest absolute Gasteiger partial charge is 0.495 e. The molecule has 9 heteroatoms. The van der Waals surface area contributed by atoms with Gasteiger partial charge in [-0.05, 0) is 49.4 Å². The van der Waals surface area contributed by atoms with E-state index in [1.165, 1.54) is 25.3 Å². The molecule has 7 nitrogen and oxygen atoms in total. The van der Waals surface area contributed by atoms with E-state index in [0.29, 0.717) is 11.5 Å². The molecule has 0 saturated carbocycles. The maximum Gasteiger partial charge on any atom is 0.264 e. The number of carbonyl (C=O) groups is 1. The van der Waals surface area contributed by atoms with Crippen LogP contribution in [0.25, 0.3) is 0 Å². The number of methoxy groups -OCH3 is 1. The molecule has 0 atom stereocenters. The van der Waals surface area contributed by atoms with Gasteiger partial charge in [0.1, 0.15) is 24.7 Å². The summed E-state index contributed by atoms with van der Waals surface area (Å²) in [7, 11) is -2.57. The monoisotopic (exact) mass is 488 g/mol. The van der Waals surface area contributed by atoms with E-state index in [9.17, 15) is 13.2 Å². The molecule has 0 heterocycles. The maximum absolute atomic E-state index is 13.4. The van der Waals surface area contributed by atoms with E-state index in [0.717, 1.165) is 9.87 Å². The van der Waals surface area contributed by atoms with Crippen molar-refractivity contribution in [3.8, 4) is 11.5 Å². The zero-order valence-corrected chi connectivity index (χ0v) is 19.9. The SMILES string of the molecule is COc1ccc(N(CC(=O)NCCOc2ccccc2)S(=O)(=O)c2ccc(C)cc2)cc1Cl. The lowest BCUT2D eigenvalue weighted by atomic mass is 10.2. The molecule has 0 radical (unpaired) electrons. The Hall–Kier alpha value is -3.23.